The first kappa shape index (κ1) is 14.2. The minimum Gasteiger partial charge on any atom is -0.329 e. The van der Waals surface area contributed by atoms with E-state index < -0.39 is 0 Å². The van der Waals surface area contributed by atoms with Gasteiger partial charge in [-0.05, 0) is 18.9 Å². The van der Waals surface area contributed by atoms with E-state index in [4.69, 9.17) is 5.73 Å². The van der Waals surface area contributed by atoms with Crippen molar-refractivity contribution in [2.75, 3.05) is 19.6 Å². The van der Waals surface area contributed by atoms with Crippen LogP contribution in [0.2, 0.25) is 0 Å². The maximum atomic E-state index is 5.70. The summed E-state index contributed by atoms with van der Waals surface area (Å²) in [5, 5.41) is 3.28. The van der Waals surface area contributed by atoms with Crippen LogP contribution in [0.25, 0.3) is 0 Å². The van der Waals surface area contributed by atoms with Crippen molar-refractivity contribution in [3.63, 3.8) is 0 Å². The Bertz CT molecular complexity index is 481. The molecule has 1 aromatic heterocycles. The Morgan fingerprint density at radius 1 is 1.21 bits per heavy atom. The predicted octanol–water partition coefficient (Wildman–Crippen LogP) is 2.45. The highest BCUT2D eigenvalue weighted by Gasteiger charge is 2.08. The van der Waals surface area contributed by atoms with Gasteiger partial charge in [0, 0.05) is 30.7 Å². The zero-order valence-corrected chi connectivity index (χ0v) is 12.2. The lowest BCUT2D eigenvalue weighted by Crippen LogP contribution is -2.31. The molecule has 0 radical (unpaired) electrons. The number of benzene rings is 1. The molecular formula is C15H21N3S. The molecule has 0 aliphatic heterocycles. The summed E-state index contributed by atoms with van der Waals surface area (Å²) in [4.78, 5) is 6.90. The maximum absolute atomic E-state index is 5.70. The SMILES string of the molecule is Cc1csc(CN(CCN)CCc2ccccc2)n1. The molecule has 0 amide bonds. The Hall–Kier alpha value is -1.23. The first-order valence-corrected chi connectivity index (χ1v) is 7.53. The lowest BCUT2D eigenvalue weighted by Gasteiger charge is -2.20. The Balaban J connectivity index is 1.89. The molecule has 0 spiro atoms. The summed E-state index contributed by atoms with van der Waals surface area (Å²) in [7, 11) is 0. The number of aryl methyl sites for hydroxylation is 1. The van der Waals surface area contributed by atoms with Crippen molar-refractivity contribution in [2.45, 2.75) is 19.9 Å². The minimum absolute atomic E-state index is 0.694. The molecule has 2 N–H and O–H groups in total. The normalized spacial score (nSPS) is 11.1. The van der Waals surface area contributed by atoms with Gasteiger partial charge in [0.1, 0.15) is 5.01 Å². The average Bonchev–Trinajstić information content (AvgIpc) is 2.83. The van der Waals surface area contributed by atoms with E-state index in [1.165, 1.54) is 10.6 Å². The van der Waals surface area contributed by atoms with Crippen molar-refractivity contribution >= 4 is 11.3 Å². The third kappa shape index (κ3) is 4.74. The molecule has 4 heteroatoms. The molecule has 1 heterocycles. The third-order valence-electron chi connectivity index (χ3n) is 3.03. The summed E-state index contributed by atoms with van der Waals surface area (Å²) in [6.07, 6.45) is 1.06. The number of hydrogen-bond donors (Lipinski definition) is 1. The van der Waals surface area contributed by atoms with Crippen molar-refractivity contribution in [1.29, 1.82) is 0 Å². The lowest BCUT2D eigenvalue weighted by molar-refractivity contribution is 0.276. The molecule has 0 atom stereocenters. The summed E-state index contributed by atoms with van der Waals surface area (Å²) < 4.78 is 0. The van der Waals surface area contributed by atoms with E-state index in [0.717, 1.165) is 31.7 Å². The second kappa shape index (κ2) is 7.38. The quantitative estimate of drug-likeness (QED) is 0.844. The number of aromatic nitrogens is 1. The van der Waals surface area contributed by atoms with Crippen molar-refractivity contribution in [1.82, 2.24) is 9.88 Å². The van der Waals surface area contributed by atoms with Crippen LogP contribution in [0.4, 0.5) is 0 Å². The predicted molar refractivity (Wildman–Crippen MR) is 81.3 cm³/mol. The molecular weight excluding hydrogens is 254 g/mol. The van der Waals surface area contributed by atoms with Crippen LogP contribution in [0.5, 0.6) is 0 Å². The molecule has 0 fully saturated rings. The van der Waals surface area contributed by atoms with Crippen molar-refractivity contribution in [3.8, 4) is 0 Å². The van der Waals surface area contributed by atoms with Gasteiger partial charge in [0.05, 0.1) is 6.54 Å². The Kier molecular flexibility index (Phi) is 5.51. The van der Waals surface area contributed by atoms with Gasteiger partial charge in [0.25, 0.3) is 0 Å². The fourth-order valence-corrected chi connectivity index (χ4v) is 2.86. The summed E-state index contributed by atoms with van der Waals surface area (Å²) in [6.45, 7) is 5.59. The Morgan fingerprint density at radius 3 is 2.63 bits per heavy atom. The molecule has 102 valence electrons. The lowest BCUT2D eigenvalue weighted by atomic mass is 10.1. The number of hydrogen-bond acceptors (Lipinski definition) is 4. The van der Waals surface area contributed by atoms with Gasteiger partial charge >= 0.3 is 0 Å². The largest absolute Gasteiger partial charge is 0.329 e. The van der Waals surface area contributed by atoms with Crippen LogP contribution in [0.15, 0.2) is 35.7 Å². The molecule has 3 nitrogen and oxygen atoms in total. The van der Waals surface area contributed by atoms with Gasteiger partial charge in [0.2, 0.25) is 0 Å². The molecule has 0 aliphatic rings. The Morgan fingerprint density at radius 2 is 2.00 bits per heavy atom. The summed E-state index contributed by atoms with van der Waals surface area (Å²) in [6, 6.07) is 10.6. The minimum atomic E-state index is 0.694. The van der Waals surface area contributed by atoms with Gasteiger partial charge in [-0.3, -0.25) is 4.90 Å². The first-order valence-electron chi connectivity index (χ1n) is 6.65. The Labute approximate surface area is 119 Å². The fraction of sp³-hybridized carbons (Fsp3) is 0.400. The summed E-state index contributed by atoms with van der Waals surface area (Å²) in [5.74, 6) is 0. The van der Waals surface area contributed by atoms with Gasteiger partial charge in [-0.25, -0.2) is 4.98 Å². The molecule has 0 bridgehead atoms. The number of nitrogens with zero attached hydrogens (tertiary/aromatic N) is 2. The molecule has 0 aliphatic carbocycles. The second-order valence-electron chi connectivity index (χ2n) is 4.68. The van der Waals surface area contributed by atoms with Crippen LogP contribution in [-0.4, -0.2) is 29.5 Å². The van der Waals surface area contributed by atoms with Crippen LogP contribution < -0.4 is 5.73 Å². The number of rotatable bonds is 7. The summed E-state index contributed by atoms with van der Waals surface area (Å²) >= 11 is 1.73. The average molecular weight is 275 g/mol. The molecule has 0 saturated carbocycles. The van der Waals surface area contributed by atoms with E-state index in [1.807, 2.05) is 6.92 Å². The van der Waals surface area contributed by atoms with E-state index in [9.17, 15) is 0 Å². The van der Waals surface area contributed by atoms with E-state index in [-0.39, 0.29) is 0 Å². The first-order chi connectivity index (χ1) is 9.28. The van der Waals surface area contributed by atoms with Gasteiger partial charge < -0.3 is 5.73 Å². The zero-order chi connectivity index (χ0) is 13.5. The number of thiazole rings is 1. The maximum Gasteiger partial charge on any atom is 0.107 e. The van der Waals surface area contributed by atoms with E-state index in [0.29, 0.717) is 6.54 Å². The molecule has 0 saturated heterocycles. The molecule has 19 heavy (non-hydrogen) atoms. The molecule has 0 unspecified atom stereocenters. The van der Waals surface area contributed by atoms with E-state index in [2.05, 4.69) is 45.6 Å². The van der Waals surface area contributed by atoms with Gasteiger partial charge in [-0.1, -0.05) is 30.3 Å². The van der Waals surface area contributed by atoms with Gasteiger partial charge in [0.15, 0.2) is 0 Å². The summed E-state index contributed by atoms with van der Waals surface area (Å²) in [5.41, 5.74) is 8.18. The van der Waals surface area contributed by atoms with Crippen LogP contribution in [-0.2, 0) is 13.0 Å². The fourth-order valence-electron chi connectivity index (χ4n) is 2.05. The molecule has 2 rings (SSSR count). The highest BCUT2D eigenvalue weighted by atomic mass is 32.1. The smallest absolute Gasteiger partial charge is 0.107 e. The monoisotopic (exact) mass is 275 g/mol. The standard InChI is InChI=1S/C15H21N3S/c1-13-12-19-15(17-13)11-18(10-8-16)9-7-14-5-3-2-4-6-14/h2-6,12H,7-11,16H2,1H3. The van der Waals surface area contributed by atoms with Gasteiger partial charge in [-0.15, -0.1) is 11.3 Å². The molecule has 1 aromatic carbocycles. The van der Waals surface area contributed by atoms with Crippen molar-refractivity contribution in [2.24, 2.45) is 5.73 Å². The second-order valence-corrected chi connectivity index (χ2v) is 5.63. The van der Waals surface area contributed by atoms with Crippen LogP contribution in [0, 0.1) is 6.92 Å². The van der Waals surface area contributed by atoms with Crippen molar-refractivity contribution < 1.29 is 0 Å². The molecule has 2 aromatic rings. The zero-order valence-electron chi connectivity index (χ0n) is 11.4. The van der Waals surface area contributed by atoms with Crippen molar-refractivity contribution in [3.05, 3.63) is 52.0 Å². The van der Waals surface area contributed by atoms with Crippen LogP contribution >= 0.6 is 11.3 Å². The highest BCUT2D eigenvalue weighted by Crippen LogP contribution is 2.12. The number of nitrogens with two attached hydrogens (primary N) is 1. The third-order valence-corrected chi connectivity index (χ3v) is 3.98. The van der Waals surface area contributed by atoms with Gasteiger partial charge in [-0.2, -0.15) is 0 Å². The highest BCUT2D eigenvalue weighted by molar-refractivity contribution is 7.09. The van der Waals surface area contributed by atoms with Crippen LogP contribution in [0.3, 0.4) is 0 Å². The van der Waals surface area contributed by atoms with E-state index in [1.54, 1.807) is 11.3 Å². The topological polar surface area (TPSA) is 42.1 Å². The van der Waals surface area contributed by atoms with E-state index >= 15 is 0 Å². The van der Waals surface area contributed by atoms with Crippen LogP contribution in [0.1, 0.15) is 16.3 Å².